The van der Waals surface area contributed by atoms with Gasteiger partial charge in [-0.1, -0.05) is 30.3 Å². The molecule has 1 aromatic carbocycles. The van der Waals surface area contributed by atoms with Crippen LogP contribution in [0.4, 0.5) is 5.82 Å². The van der Waals surface area contributed by atoms with E-state index in [1.807, 2.05) is 11.3 Å². The largest absolute Gasteiger partial charge is 0.381 e. The maximum absolute atomic E-state index is 6.61. The van der Waals surface area contributed by atoms with Crippen molar-refractivity contribution in [3.63, 3.8) is 0 Å². The summed E-state index contributed by atoms with van der Waals surface area (Å²) in [5.41, 5.74) is 2.64. The zero-order valence-electron chi connectivity index (χ0n) is 16.8. The molecule has 0 amide bonds. The van der Waals surface area contributed by atoms with Crippen molar-refractivity contribution in [3.8, 4) is 0 Å². The van der Waals surface area contributed by atoms with Gasteiger partial charge in [-0.2, -0.15) is 0 Å². The predicted molar refractivity (Wildman–Crippen MR) is 117 cm³/mol. The second kappa shape index (κ2) is 8.38. The third-order valence-corrected chi connectivity index (χ3v) is 7.16. The molecule has 2 unspecified atom stereocenters. The van der Waals surface area contributed by atoms with E-state index >= 15 is 0 Å². The fourth-order valence-electron chi connectivity index (χ4n) is 4.48. The number of aromatic nitrogens is 2. The molecule has 1 saturated heterocycles. The van der Waals surface area contributed by atoms with E-state index in [1.54, 1.807) is 6.33 Å². The van der Waals surface area contributed by atoms with E-state index in [0.29, 0.717) is 0 Å². The monoisotopic (exact) mass is 409 g/mol. The minimum Gasteiger partial charge on any atom is -0.381 e. The first-order valence-electron chi connectivity index (χ1n) is 10.6. The van der Waals surface area contributed by atoms with Gasteiger partial charge in [0.2, 0.25) is 0 Å². The van der Waals surface area contributed by atoms with Gasteiger partial charge in [0.1, 0.15) is 23.1 Å². The fraction of sp³-hybridized carbons (Fsp3) is 0.478. The molecule has 5 rings (SSSR count). The molecule has 1 N–H and O–H groups in total. The molecule has 0 saturated carbocycles. The number of aryl methyl sites for hydroxylation is 2. The molecule has 152 valence electrons. The normalized spacial score (nSPS) is 19.2. The smallest absolute Gasteiger partial charge is 0.138 e. The van der Waals surface area contributed by atoms with Crippen LogP contribution in [0.1, 0.15) is 48.3 Å². The average molecular weight is 410 g/mol. The van der Waals surface area contributed by atoms with Gasteiger partial charge in [0, 0.05) is 18.1 Å². The van der Waals surface area contributed by atoms with Gasteiger partial charge in [-0.3, -0.25) is 0 Å². The molecule has 1 aliphatic carbocycles. The standard InChI is InChI=1S/C23H27N3O2S/c1-15(21(16-6-3-2-4-7-16)28-17-10-12-27-13-11-17)26-22-20-18-8-5-9-19(18)29-23(20)25-14-24-22/h2-4,6-7,14-15,17,21H,5,8-13H2,1H3,(H,24,25,26). The van der Waals surface area contributed by atoms with Crippen molar-refractivity contribution >= 4 is 27.4 Å². The van der Waals surface area contributed by atoms with Gasteiger partial charge in [-0.05, 0) is 50.2 Å². The Balaban J connectivity index is 1.43. The quantitative estimate of drug-likeness (QED) is 0.626. The molecule has 0 spiro atoms. The van der Waals surface area contributed by atoms with Crippen molar-refractivity contribution in [1.82, 2.24) is 9.97 Å². The third-order valence-electron chi connectivity index (χ3n) is 5.96. The molecule has 29 heavy (non-hydrogen) atoms. The van der Waals surface area contributed by atoms with Gasteiger partial charge in [-0.25, -0.2) is 9.97 Å². The number of ether oxygens (including phenoxy) is 2. The Labute approximate surface area is 175 Å². The minimum absolute atomic E-state index is 0.0454. The number of rotatable bonds is 6. The van der Waals surface area contributed by atoms with Crippen LogP contribution < -0.4 is 5.32 Å². The third kappa shape index (κ3) is 3.89. The molecule has 6 heteroatoms. The van der Waals surface area contributed by atoms with Crippen LogP contribution in [-0.4, -0.2) is 35.3 Å². The van der Waals surface area contributed by atoms with Crippen LogP contribution >= 0.6 is 11.3 Å². The van der Waals surface area contributed by atoms with Crippen LogP contribution in [-0.2, 0) is 22.3 Å². The lowest BCUT2D eigenvalue weighted by molar-refractivity contribution is -0.0738. The molecule has 0 radical (unpaired) electrons. The van der Waals surface area contributed by atoms with E-state index in [-0.39, 0.29) is 18.2 Å². The van der Waals surface area contributed by atoms with Crippen LogP contribution in [0.25, 0.3) is 10.2 Å². The molecule has 3 aromatic rings. The second-order valence-electron chi connectivity index (χ2n) is 7.97. The molecular weight excluding hydrogens is 382 g/mol. The Morgan fingerprint density at radius 3 is 2.79 bits per heavy atom. The van der Waals surface area contributed by atoms with E-state index in [0.717, 1.165) is 43.1 Å². The Hall–Kier alpha value is -2.02. The summed E-state index contributed by atoms with van der Waals surface area (Å²) in [4.78, 5) is 11.7. The highest BCUT2D eigenvalue weighted by Crippen LogP contribution is 2.39. The number of thiophene rings is 1. The van der Waals surface area contributed by atoms with Crippen molar-refractivity contribution in [2.45, 2.75) is 57.3 Å². The van der Waals surface area contributed by atoms with Gasteiger partial charge >= 0.3 is 0 Å². The van der Waals surface area contributed by atoms with Crippen molar-refractivity contribution in [1.29, 1.82) is 0 Å². The first-order chi connectivity index (χ1) is 14.3. The molecule has 5 nitrogen and oxygen atoms in total. The van der Waals surface area contributed by atoms with Crippen LogP contribution in [0.2, 0.25) is 0 Å². The number of anilines is 1. The average Bonchev–Trinajstić information content (AvgIpc) is 3.35. The molecule has 2 aromatic heterocycles. The second-order valence-corrected chi connectivity index (χ2v) is 9.06. The summed E-state index contributed by atoms with van der Waals surface area (Å²) in [6.45, 7) is 3.75. The fourth-order valence-corrected chi connectivity index (χ4v) is 5.71. The van der Waals surface area contributed by atoms with Crippen molar-refractivity contribution < 1.29 is 9.47 Å². The predicted octanol–water partition coefficient (Wildman–Crippen LogP) is 4.92. The topological polar surface area (TPSA) is 56.3 Å². The molecule has 2 atom stereocenters. The molecule has 0 bridgehead atoms. The lowest BCUT2D eigenvalue weighted by Gasteiger charge is -2.32. The summed E-state index contributed by atoms with van der Waals surface area (Å²) in [6.07, 6.45) is 7.31. The Morgan fingerprint density at radius 2 is 1.97 bits per heavy atom. The Morgan fingerprint density at radius 1 is 1.14 bits per heavy atom. The zero-order valence-corrected chi connectivity index (χ0v) is 17.6. The highest BCUT2D eigenvalue weighted by atomic mass is 32.1. The minimum atomic E-state index is -0.0454. The number of benzene rings is 1. The lowest BCUT2D eigenvalue weighted by atomic mass is 10.0. The maximum atomic E-state index is 6.61. The van der Waals surface area contributed by atoms with Crippen molar-refractivity contribution in [2.75, 3.05) is 18.5 Å². The SMILES string of the molecule is CC(Nc1ncnc2sc3c(c12)CCC3)C(OC1CCOCC1)c1ccccc1. The first-order valence-corrected chi connectivity index (χ1v) is 11.4. The Kier molecular flexibility index (Phi) is 5.48. The van der Waals surface area contributed by atoms with Crippen LogP contribution in [0.15, 0.2) is 36.7 Å². The summed E-state index contributed by atoms with van der Waals surface area (Å²) in [5, 5.41) is 4.91. The summed E-state index contributed by atoms with van der Waals surface area (Å²) in [7, 11) is 0. The van der Waals surface area contributed by atoms with Crippen LogP contribution in [0.3, 0.4) is 0 Å². The zero-order chi connectivity index (χ0) is 19.6. The molecule has 3 heterocycles. The summed E-state index contributed by atoms with van der Waals surface area (Å²) >= 11 is 1.82. The highest BCUT2D eigenvalue weighted by Gasteiger charge is 2.27. The van der Waals surface area contributed by atoms with E-state index in [2.05, 4.69) is 52.5 Å². The number of fused-ring (bicyclic) bond motifs is 3. The van der Waals surface area contributed by atoms with Crippen LogP contribution in [0, 0.1) is 0 Å². The summed E-state index contributed by atoms with van der Waals surface area (Å²) < 4.78 is 12.1. The summed E-state index contributed by atoms with van der Waals surface area (Å²) in [5.74, 6) is 0.943. The van der Waals surface area contributed by atoms with E-state index in [1.165, 1.54) is 34.2 Å². The van der Waals surface area contributed by atoms with Gasteiger partial charge < -0.3 is 14.8 Å². The molecule has 1 aliphatic heterocycles. The van der Waals surface area contributed by atoms with Gasteiger partial charge in [0.05, 0.1) is 17.5 Å². The number of nitrogens with one attached hydrogen (secondary N) is 1. The number of hydrogen-bond donors (Lipinski definition) is 1. The van der Waals surface area contributed by atoms with Gasteiger partial charge in [0.15, 0.2) is 0 Å². The number of nitrogens with zero attached hydrogens (tertiary/aromatic N) is 2. The molecule has 2 aliphatic rings. The van der Waals surface area contributed by atoms with E-state index in [9.17, 15) is 0 Å². The Bertz CT molecular complexity index is 969. The number of hydrogen-bond acceptors (Lipinski definition) is 6. The molecule has 1 fully saturated rings. The van der Waals surface area contributed by atoms with Gasteiger partial charge in [0.25, 0.3) is 0 Å². The lowest BCUT2D eigenvalue weighted by Crippen LogP contribution is -2.33. The van der Waals surface area contributed by atoms with E-state index < -0.39 is 0 Å². The van der Waals surface area contributed by atoms with Crippen molar-refractivity contribution in [2.24, 2.45) is 0 Å². The first kappa shape index (κ1) is 19.0. The highest BCUT2D eigenvalue weighted by molar-refractivity contribution is 7.19. The van der Waals surface area contributed by atoms with Gasteiger partial charge in [-0.15, -0.1) is 11.3 Å². The summed E-state index contributed by atoms with van der Waals surface area (Å²) in [6, 6.07) is 10.6. The van der Waals surface area contributed by atoms with E-state index in [4.69, 9.17) is 9.47 Å². The molecular formula is C23H27N3O2S. The van der Waals surface area contributed by atoms with Crippen molar-refractivity contribution in [3.05, 3.63) is 52.7 Å². The van der Waals surface area contributed by atoms with Crippen LogP contribution in [0.5, 0.6) is 0 Å². The maximum Gasteiger partial charge on any atom is 0.138 e.